The first-order valence-electron chi connectivity index (χ1n) is 7.71. The fourth-order valence-electron chi connectivity index (χ4n) is 2.89. The Morgan fingerprint density at radius 1 is 1.29 bits per heavy atom. The molecule has 5 nitrogen and oxygen atoms in total. The summed E-state index contributed by atoms with van der Waals surface area (Å²) in [4.78, 5) is 17.5. The first-order valence-corrected chi connectivity index (χ1v) is 7.71. The maximum Gasteiger partial charge on any atom is 0.416 e. The number of halogens is 3. The van der Waals surface area contributed by atoms with Crippen LogP contribution in [0.3, 0.4) is 0 Å². The lowest BCUT2D eigenvalue weighted by Crippen LogP contribution is -2.44. The van der Waals surface area contributed by atoms with Crippen LogP contribution in [0.25, 0.3) is 0 Å². The number of urea groups is 1. The van der Waals surface area contributed by atoms with Crippen LogP contribution in [0.4, 0.5) is 23.7 Å². The van der Waals surface area contributed by atoms with E-state index in [1.165, 1.54) is 11.0 Å². The van der Waals surface area contributed by atoms with Crippen molar-refractivity contribution in [2.24, 2.45) is 0 Å². The number of benzene rings is 1. The summed E-state index contributed by atoms with van der Waals surface area (Å²) < 4.78 is 38.4. The molecular weight excluding hydrogens is 321 g/mol. The van der Waals surface area contributed by atoms with Crippen molar-refractivity contribution in [1.82, 2.24) is 15.1 Å². The van der Waals surface area contributed by atoms with Gasteiger partial charge in [0.25, 0.3) is 0 Å². The largest absolute Gasteiger partial charge is 0.416 e. The van der Waals surface area contributed by atoms with Crippen molar-refractivity contribution < 1.29 is 18.0 Å². The third-order valence-electron chi connectivity index (χ3n) is 4.22. The summed E-state index contributed by atoms with van der Waals surface area (Å²) in [5, 5.41) is 2.95. The fourth-order valence-corrected chi connectivity index (χ4v) is 2.89. The second-order valence-electron chi connectivity index (χ2n) is 6.12. The van der Waals surface area contributed by atoms with E-state index in [0.717, 1.165) is 31.6 Å². The Morgan fingerprint density at radius 3 is 2.75 bits per heavy atom. The number of rotatable bonds is 2. The topological polar surface area (TPSA) is 38.8 Å². The van der Waals surface area contributed by atoms with E-state index in [-0.39, 0.29) is 18.7 Å². The number of nitrogens with one attached hydrogen (secondary N) is 1. The molecule has 1 fully saturated rings. The van der Waals surface area contributed by atoms with Crippen molar-refractivity contribution in [3.8, 4) is 0 Å². The van der Waals surface area contributed by atoms with E-state index in [1.54, 1.807) is 23.4 Å². The third kappa shape index (κ3) is 3.64. The van der Waals surface area contributed by atoms with Gasteiger partial charge in [-0.05, 0) is 38.2 Å². The van der Waals surface area contributed by atoms with E-state index >= 15 is 0 Å². The standard InChI is InChI=1S/C16H19F3N4O/c1-21-6-5-13(10-21)20-15(24)23-8-7-22(11-23)14-4-2-3-12(9-14)16(17,18)19/h2-4,7-9,13H,5-6,10-11H2,1H3,(H,20,24)/t13-/m1/s1. The van der Waals surface area contributed by atoms with Gasteiger partial charge in [-0.15, -0.1) is 0 Å². The van der Waals surface area contributed by atoms with Gasteiger partial charge in [-0.2, -0.15) is 13.2 Å². The van der Waals surface area contributed by atoms with Gasteiger partial charge in [0.2, 0.25) is 0 Å². The molecule has 24 heavy (non-hydrogen) atoms. The highest BCUT2D eigenvalue weighted by molar-refractivity contribution is 5.77. The minimum Gasteiger partial charge on any atom is -0.334 e. The van der Waals surface area contributed by atoms with Gasteiger partial charge in [-0.3, -0.25) is 4.90 Å². The number of anilines is 1. The van der Waals surface area contributed by atoms with E-state index in [2.05, 4.69) is 10.2 Å². The monoisotopic (exact) mass is 340 g/mol. The van der Waals surface area contributed by atoms with Gasteiger partial charge in [-0.25, -0.2) is 4.79 Å². The number of carbonyl (C=O) groups is 1. The molecule has 1 atom stereocenters. The number of likely N-dealkylation sites (tertiary alicyclic amines) is 1. The highest BCUT2D eigenvalue weighted by atomic mass is 19.4. The highest BCUT2D eigenvalue weighted by Gasteiger charge is 2.31. The lowest BCUT2D eigenvalue weighted by atomic mass is 10.2. The average Bonchev–Trinajstić information content (AvgIpc) is 3.16. The zero-order chi connectivity index (χ0) is 17.3. The molecule has 2 aliphatic rings. The van der Waals surface area contributed by atoms with Gasteiger partial charge in [0, 0.05) is 30.7 Å². The molecule has 8 heteroatoms. The van der Waals surface area contributed by atoms with Gasteiger partial charge < -0.3 is 15.1 Å². The van der Waals surface area contributed by atoms with Crippen LogP contribution in [-0.4, -0.2) is 48.7 Å². The van der Waals surface area contributed by atoms with Crippen LogP contribution < -0.4 is 10.2 Å². The Hall–Kier alpha value is -2.22. The molecule has 0 radical (unpaired) electrons. The molecule has 0 unspecified atom stereocenters. The summed E-state index contributed by atoms with van der Waals surface area (Å²) in [6, 6.07) is 4.94. The molecule has 3 rings (SSSR count). The molecule has 1 saturated heterocycles. The molecule has 1 aromatic carbocycles. The van der Waals surface area contributed by atoms with Gasteiger partial charge in [0.1, 0.15) is 6.67 Å². The van der Waals surface area contributed by atoms with E-state index in [9.17, 15) is 18.0 Å². The van der Waals surface area contributed by atoms with Crippen LogP contribution >= 0.6 is 0 Å². The van der Waals surface area contributed by atoms with Crippen molar-refractivity contribution in [3.63, 3.8) is 0 Å². The van der Waals surface area contributed by atoms with Crippen LogP contribution in [0.1, 0.15) is 12.0 Å². The number of likely N-dealkylation sites (N-methyl/N-ethyl adjacent to an activating group) is 1. The Balaban J connectivity index is 1.61. The van der Waals surface area contributed by atoms with E-state index in [1.807, 2.05) is 7.05 Å². The quantitative estimate of drug-likeness (QED) is 0.900. The number of hydrogen-bond acceptors (Lipinski definition) is 3. The Bertz CT molecular complexity index is 646. The normalized spacial score (nSPS) is 21.6. The maximum absolute atomic E-state index is 12.8. The molecule has 130 valence electrons. The second-order valence-corrected chi connectivity index (χ2v) is 6.12. The SMILES string of the molecule is CN1CC[C@@H](NC(=O)N2C=CN(c3cccc(C(F)(F)F)c3)C2)C1. The predicted octanol–water partition coefficient (Wildman–Crippen LogP) is 2.67. The summed E-state index contributed by atoms with van der Waals surface area (Å²) in [6.45, 7) is 1.94. The van der Waals surface area contributed by atoms with E-state index in [0.29, 0.717) is 5.69 Å². The van der Waals surface area contributed by atoms with Crippen LogP contribution in [0.2, 0.25) is 0 Å². The van der Waals surface area contributed by atoms with Crippen LogP contribution in [0, 0.1) is 0 Å². The lowest BCUT2D eigenvalue weighted by molar-refractivity contribution is -0.137. The molecule has 0 saturated carbocycles. The molecule has 0 aliphatic carbocycles. The van der Waals surface area contributed by atoms with Crippen molar-refractivity contribution in [2.75, 3.05) is 31.7 Å². The number of hydrogen-bond donors (Lipinski definition) is 1. The molecule has 2 amide bonds. The van der Waals surface area contributed by atoms with Gasteiger partial charge in [-0.1, -0.05) is 6.07 Å². The number of amides is 2. The highest BCUT2D eigenvalue weighted by Crippen LogP contribution is 2.32. The second kappa shape index (κ2) is 6.35. The van der Waals surface area contributed by atoms with Crippen LogP contribution in [0.15, 0.2) is 36.7 Å². The van der Waals surface area contributed by atoms with Crippen LogP contribution in [0.5, 0.6) is 0 Å². The smallest absolute Gasteiger partial charge is 0.334 e. The maximum atomic E-state index is 12.8. The first kappa shape index (κ1) is 16.6. The molecular formula is C16H19F3N4O. The van der Waals surface area contributed by atoms with Crippen molar-refractivity contribution in [2.45, 2.75) is 18.6 Å². The molecule has 0 spiro atoms. The Morgan fingerprint density at radius 2 is 2.08 bits per heavy atom. The minimum absolute atomic E-state index is 0.110. The van der Waals surface area contributed by atoms with Gasteiger partial charge in [0.15, 0.2) is 0 Å². The zero-order valence-corrected chi connectivity index (χ0v) is 13.3. The molecule has 0 aromatic heterocycles. The van der Waals surface area contributed by atoms with Crippen molar-refractivity contribution in [1.29, 1.82) is 0 Å². The summed E-state index contributed by atoms with van der Waals surface area (Å²) in [7, 11) is 2.00. The van der Waals surface area contributed by atoms with Crippen molar-refractivity contribution >= 4 is 11.7 Å². The molecule has 0 bridgehead atoms. The summed E-state index contributed by atoms with van der Waals surface area (Å²) >= 11 is 0. The van der Waals surface area contributed by atoms with Crippen LogP contribution in [-0.2, 0) is 6.18 Å². The minimum atomic E-state index is -4.38. The third-order valence-corrected chi connectivity index (χ3v) is 4.22. The van der Waals surface area contributed by atoms with Gasteiger partial charge >= 0.3 is 12.2 Å². The van der Waals surface area contributed by atoms with Crippen molar-refractivity contribution in [3.05, 3.63) is 42.2 Å². The Kier molecular flexibility index (Phi) is 4.40. The summed E-state index contributed by atoms with van der Waals surface area (Å²) in [6.07, 6.45) is -0.299. The van der Waals surface area contributed by atoms with E-state index < -0.39 is 11.7 Å². The fraction of sp³-hybridized carbons (Fsp3) is 0.438. The number of alkyl halides is 3. The Labute approximate surface area is 138 Å². The molecule has 1 N–H and O–H groups in total. The lowest BCUT2D eigenvalue weighted by Gasteiger charge is -2.22. The van der Waals surface area contributed by atoms with Gasteiger partial charge in [0.05, 0.1) is 5.56 Å². The summed E-state index contributed by atoms with van der Waals surface area (Å²) in [5.74, 6) is 0. The average molecular weight is 340 g/mol. The zero-order valence-electron chi connectivity index (χ0n) is 13.3. The number of carbonyl (C=O) groups excluding carboxylic acids is 1. The molecule has 2 aliphatic heterocycles. The first-order chi connectivity index (χ1) is 11.3. The molecule has 1 aromatic rings. The predicted molar refractivity (Wildman–Crippen MR) is 84.2 cm³/mol. The summed E-state index contributed by atoms with van der Waals surface area (Å²) in [5.41, 5.74) is -0.303. The van der Waals surface area contributed by atoms with E-state index in [4.69, 9.17) is 0 Å². The number of nitrogens with zero attached hydrogens (tertiary/aromatic N) is 3. The molecule has 2 heterocycles.